The Morgan fingerprint density at radius 2 is 1.57 bits per heavy atom. The molecule has 1 saturated heterocycles. The Labute approximate surface area is 317 Å². The largest absolute Gasteiger partial charge is 0.446 e. The molecule has 290 valence electrons. The molecule has 0 unspecified atom stereocenters. The van der Waals surface area contributed by atoms with E-state index in [0.717, 1.165) is 36.8 Å². The minimum Gasteiger partial charge on any atom is -0.446 e. The predicted molar refractivity (Wildman–Crippen MR) is 203 cm³/mol. The van der Waals surface area contributed by atoms with Gasteiger partial charge in [0.15, 0.2) is 0 Å². The van der Waals surface area contributed by atoms with Crippen molar-refractivity contribution in [3.63, 3.8) is 0 Å². The van der Waals surface area contributed by atoms with E-state index >= 15 is 0 Å². The molecule has 6 rings (SSSR count). The van der Waals surface area contributed by atoms with Gasteiger partial charge in [-0.2, -0.15) is 0 Å². The number of benzene rings is 2. The molecule has 3 saturated carbocycles. The number of alkyl carbamates (subject to hydrolysis) is 1. The molecule has 0 bridgehead atoms. The molecule has 2 aromatic rings. The second-order valence-electron chi connectivity index (χ2n) is 16.0. The lowest BCUT2D eigenvalue weighted by Gasteiger charge is -2.35. The smallest absolute Gasteiger partial charge is 0.408 e. The van der Waals surface area contributed by atoms with Gasteiger partial charge in [-0.1, -0.05) is 92.7 Å². The number of nitrogens with zero attached hydrogens (tertiary/aromatic N) is 2. The van der Waals surface area contributed by atoms with Gasteiger partial charge in [0.25, 0.3) is 5.91 Å². The van der Waals surface area contributed by atoms with Crippen molar-refractivity contribution < 1.29 is 37.2 Å². The Hall–Kier alpha value is -4.72. The molecule has 2 aromatic carbocycles. The first-order valence-corrected chi connectivity index (χ1v) is 20.4. The number of likely N-dealkylation sites (tertiary alicyclic amines) is 1. The Balaban J connectivity index is 1.28. The number of hydrogen-bond acceptors (Lipinski definition) is 9. The summed E-state index contributed by atoms with van der Waals surface area (Å²) in [6, 6.07) is 16.8. The fourth-order valence-electron chi connectivity index (χ4n) is 7.37. The maximum atomic E-state index is 14.6. The highest BCUT2D eigenvalue weighted by atomic mass is 32.2. The summed E-state index contributed by atoms with van der Waals surface area (Å²) in [5, 5.41) is 9.56. The topological polar surface area (TPSA) is 173 Å². The third-order valence-electron chi connectivity index (χ3n) is 10.7. The Morgan fingerprint density at radius 3 is 2.13 bits per heavy atom. The molecule has 3 N–H and O–H groups in total. The average Bonchev–Trinajstić information content (AvgIpc) is 4.01. The predicted octanol–water partition coefficient (Wildman–Crippen LogP) is 4.57. The van der Waals surface area contributed by atoms with E-state index in [9.17, 15) is 27.6 Å². The first kappa shape index (κ1) is 39.0. The lowest BCUT2D eigenvalue weighted by molar-refractivity contribution is -0.143. The van der Waals surface area contributed by atoms with Gasteiger partial charge in [-0.15, -0.1) is 6.58 Å². The molecule has 0 aromatic heterocycles. The van der Waals surface area contributed by atoms with Gasteiger partial charge in [-0.3, -0.25) is 19.1 Å². The third kappa shape index (κ3) is 8.97. The Morgan fingerprint density at radius 1 is 0.963 bits per heavy atom. The number of amides is 4. The van der Waals surface area contributed by atoms with Gasteiger partial charge in [0, 0.05) is 17.5 Å². The fourth-order valence-corrected chi connectivity index (χ4v) is 8.73. The van der Waals surface area contributed by atoms with Crippen LogP contribution in [0.3, 0.4) is 0 Å². The van der Waals surface area contributed by atoms with Crippen LogP contribution in [0.15, 0.2) is 78.5 Å². The molecule has 4 amide bonds. The molecule has 5 atom stereocenters. The zero-order valence-corrected chi connectivity index (χ0v) is 32.0. The highest BCUT2D eigenvalue weighted by Gasteiger charge is 2.62. The van der Waals surface area contributed by atoms with Crippen molar-refractivity contribution in [2.24, 2.45) is 16.5 Å². The van der Waals surface area contributed by atoms with Crippen molar-refractivity contribution in [3.8, 4) is 0 Å². The summed E-state index contributed by atoms with van der Waals surface area (Å²) in [5.41, 5.74) is -0.125. The van der Waals surface area contributed by atoms with E-state index in [1.165, 1.54) is 4.90 Å². The quantitative estimate of drug-likeness (QED) is 0.143. The second kappa shape index (κ2) is 15.9. The van der Waals surface area contributed by atoms with Crippen LogP contribution in [-0.4, -0.2) is 84.5 Å². The van der Waals surface area contributed by atoms with E-state index in [1.807, 2.05) is 81.4 Å². The molecule has 1 aliphatic heterocycles. The van der Waals surface area contributed by atoms with Gasteiger partial charge in [0.1, 0.15) is 35.5 Å². The van der Waals surface area contributed by atoms with Gasteiger partial charge in [0.2, 0.25) is 21.8 Å². The van der Waals surface area contributed by atoms with Crippen LogP contribution in [-0.2, 0) is 34.0 Å². The first-order chi connectivity index (χ1) is 25.7. The summed E-state index contributed by atoms with van der Waals surface area (Å²) in [7, 11) is -3.89. The summed E-state index contributed by atoms with van der Waals surface area (Å²) in [5.74, 6) is -2.36. The average molecular weight is 762 g/mol. The zero-order valence-electron chi connectivity index (χ0n) is 31.2. The molecule has 4 fully saturated rings. The van der Waals surface area contributed by atoms with Crippen LogP contribution in [0.1, 0.15) is 89.7 Å². The first-order valence-electron chi connectivity index (χ1n) is 18.8. The molecule has 3 aliphatic carbocycles. The Kier molecular flexibility index (Phi) is 11.5. The summed E-state index contributed by atoms with van der Waals surface area (Å²) >= 11 is 0. The van der Waals surface area contributed by atoms with Crippen LogP contribution < -0.4 is 15.4 Å². The standard InChI is InChI=1S/C40H51N5O8S/c1-5-14-28-24-40(28,37(48)44-54(50,51)31-21-22-31)42-35(46)32-23-30(53-43-33(26-15-8-6-9-16-26)27-17-10-7-11-18-27)25-45(32)36(47)34(39(2,3)4)41-38(49)52-29-19-12-13-20-29/h5-11,15-18,28-32,34H,1,12-14,19-25H2,2-4H3,(H,41,49)(H,42,46)(H,44,48)/t28-,30-,32+,34-,40-/m1/s1. The van der Waals surface area contributed by atoms with Crippen molar-refractivity contribution in [1.82, 2.24) is 20.3 Å². The van der Waals surface area contributed by atoms with Gasteiger partial charge in [-0.25, -0.2) is 13.2 Å². The molecular formula is C40H51N5O8S. The number of sulfonamides is 1. The lowest BCUT2D eigenvalue weighted by Crippen LogP contribution is -2.60. The third-order valence-corrected chi connectivity index (χ3v) is 12.5. The number of hydrogen-bond donors (Lipinski definition) is 3. The van der Waals surface area contributed by atoms with Crippen LogP contribution in [0, 0.1) is 11.3 Å². The van der Waals surface area contributed by atoms with Crippen molar-refractivity contribution in [2.75, 3.05) is 6.54 Å². The summed E-state index contributed by atoms with van der Waals surface area (Å²) < 4.78 is 33.4. The van der Waals surface area contributed by atoms with Crippen molar-refractivity contribution >= 4 is 39.5 Å². The highest BCUT2D eigenvalue weighted by molar-refractivity contribution is 7.91. The van der Waals surface area contributed by atoms with E-state index in [-0.39, 0.29) is 31.4 Å². The highest BCUT2D eigenvalue weighted by Crippen LogP contribution is 2.47. The number of rotatable bonds is 14. The van der Waals surface area contributed by atoms with E-state index in [1.54, 1.807) is 6.08 Å². The Bertz CT molecular complexity index is 1810. The lowest BCUT2D eigenvalue weighted by atomic mass is 9.85. The maximum Gasteiger partial charge on any atom is 0.408 e. The van der Waals surface area contributed by atoms with Gasteiger partial charge in [0.05, 0.1) is 11.8 Å². The van der Waals surface area contributed by atoms with Gasteiger partial charge >= 0.3 is 6.09 Å². The molecule has 0 radical (unpaired) electrons. The molecule has 13 nitrogen and oxygen atoms in total. The number of oxime groups is 1. The zero-order chi connectivity index (χ0) is 38.7. The molecule has 1 heterocycles. The van der Waals surface area contributed by atoms with Crippen LogP contribution in [0.5, 0.6) is 0 Å². The molecule has 4 aliphatic rings. The molecule has 0 spiro atoms. The van der Waals surface area contributed by atoms with E-state index < -0.39 is 68.2 Å². The number of carbonyl (C=O) groups is 4. The monoisotopic (exact) mass is 761 g/mol. The van der Waals surface area contributed by atoms with Crippen LogP contribution in [0.25, 0.3) is 0 Å². The summed E-state index contributed by atoms with van der Waals surface area (Å²) in [4.78, 5) is 63.2. The fraction of sp³-hybridized carbons (Fsp3) is 0.525. The molecule has 14 heteroatoms. The summed E-state index contributed by atoms with van der Waals surface area (Å²) in [6.45, 7) is 9.15. The van der Waals surface area contributed by atoms with Crippen molar-refractivity contribution in [3.05, 3.63) is 84.4 Å². The number of carbonyl (C=O) groups excluding carboxylic acids is 4. The van der Waals surface area contributed by atoms with Crippen LogP contribution >= 0.6 is 0 Å². The van der Waals surface area contributed by atoms with Crippen LogP contribution in [0.2, 0.25) is 0 Å². The second-order valence-corrected chi connectivity index (χ2v) is 17.9. The van der Waals surface area contributed by atoms with Crippen LogP contribution in [0.4, 0.5) is 4.79 Å². The summed E-state index contributed by atoms with van der Waals surface area (Å²) in [6.07, 6.45) is 4.91. The minimum absolute atomic E-state index is 0.0194. The van der Waals surface area contributed by atoms with E-state index in [4.69, 9.17) is 9.57 Å². The molecular weight excluding hydrogens is 711 g/mol. The van der Waals surface area contributed by atoms with Gasteiger partial charge in [-0.05, 0) is 62.7 Å². The minimum atomic E-state index is -3.89. The maximum absolute atomic E-state index is 14.6. The number of nitrogens with one attached hydrogen (secondary N) is 3. The van der Waals surface area contributed by atoms with Crippen molar-refractivity contribution in [2.45, 2.75) is 114 Å². The number of allylic oxidation sites excluding steroid dienone is 1. The molecule has 54 heavy (non-hydrogen) atoms. The SMILES string of the molecule is C=CC[C@@H]1C[C@]1(NC(=O)[C@@H]1C[C@@H](ON=C(c2ccccc2)c2ccccc2)CN1C(=O)[C@@H](NC(=O)OC1CCCC1)C(C)(C)C)C(=O)NS(=O)(=O)C1CC1. The number of ether oxygens (including phenoxy) is 1. The van der Waals surface area contributed by atoms with E-state index in [0.29, 0.717) is 25.0 Å². The normalized spacial score (nSPS) is 24.5. The van der Waals surface area contributed by atoms with Crippen molar-refractivity contribution in [1.29, 1.82) is 0 Å². The van der Waals surface area contributed by atoms with E-state index in [2.05, 4.69) is 27.1 Å². The van der Waals surface area contributed by atoms with Gasteiger partial charge < -0.3 is 25.1 Å².